The van der Waals surface area contributed by atoms with Gasteiger partial charge in [-0.25, -0.2) is 0 Å². The zero-order valence-corrected chi connectivity index (χ0v) is 16.0. The molecule has 7 heteroatoms. The molecule has 0 aromatic rings. The highest BCUT2D eigenvalue weighted by molar-refractivity contribution is 5.91. The standard InChI is InChI=1S/C19H32O7/c1-10-7-12(21)8-19(3,4)13(10)6-5-11(2)25-18-17(24)16(23)15(22)14(9-20)26-18/h7,11,13-18,20,22-24H,5-6,8-9H2,1-4H3/t11?,13-,14-,15-,16+,17-,18-/m1/s1. The van der Waals surface area contributed by atoms with Gasteiger partial charge < -0.3 is 29.9 Å². The quantitative estimate of drug-likeness (QED) is 0.537. The number of carbonyl (C=O) groups excluding carboxylic acids is 1. The molecule has 1 saturated heterocycles. The Hall–Kier alpha value is -0.830. The smallest absolute Gasteiger partial charge is 0.186 e. The molecule has 1 unspecified atom stereocenters. The van der Waals surface area contributed by atoms with Crippen LogP contribution in [0.1, 0.15) is 47.0 Å². The maximum absolute atomic E-state index is 11.8. The lowest BCUT2D eigenvalue weighted by molar-refractivity contribution is -0.310. The summed E-state index contributed by atoms with van der Waals surface area (Å²) in [7, 11) is 0. The van der Waals surface area contributed by atoms with E-state index in [2.05, 4.69) is 13.8 Å². The first-order chi connectivity index (χ1) is 12.1. The van der Waals surface area contributed by atoms with Crippen molar-refractivity contribution in [3.8, 4) is 0 Å². The first-order valence-electron chi connectivity index (χ1n) is 9.23. The van der Waals surface area contributed by atoms with E-state index in [1.807, 2.05) is 13.8 Å². The number of aliphatic hydroxyl groups is 4. The van der Waals surface area contributed by atoms with Crippen molar-refractivity contribution in [2.24, 2.45) is 11.3 Å². The molecule has 0 radical (unpaired) electrons. The molecule has 2 rings (SSSR count). The first-order valence-corrected chi connectivity index (χ1v) is 9.23. The molecule has 26 heavy (non-hydrogen) atoms. The van der Waals surface area contributed by atoms with E-state index >= 15 is 0 Å². The molecule has 7 nitrogen and oxygen atoms in total. The van der Waals surface area contributed by atoms with E-state index in [0.29, 0.717) is 12.8 Å². The largest absolute Gasteiger partial charge is 0.394 e. The van der Waals surface area contributed by atoms with E-state index in [4.69, 9.17) is 9.47 Å². The first kappa shape index (κ1) is 21.5. The number of aliphatic hydroxyl groups excluding tert-OH is 4. The Labute approximate surface area is 154 Å². The lowest BCUT2D eigenvalue weighted by Crippen LogP contribution is -2.59. The number of hydrogen-bond donors (Lipinski definition) is 4. The number of allylic oxidation sites excluding steroid dienone is 2. The molecule has 2 aliphatic rings. The molecule has 150 valence electrons. The summed E-state index contributed by atoms with van der Waals surface area (Å²) in [6.07, 6.45) is -2.82. The molecule has 1 aliphatic carbocycles. The summed E-state index contributed by atoms with van der Waals surface area (Å²) in [5.41, 5.74) is 0.963. The number of hydrogen-bond acceptors (Lipinski definition) is 7. The molecular formula is C19H32O7. The van der Waals surface area contributed by atoms with Gasteiger partial charge in [-0.1, -0.05) is 19.4 Å². The topological polar surface area (TPSA) is 116 Å². The van der Waals surface area contributed by atoms with Crippen LogP contribution in [0.5, 0.6) is 0 Å². The van der Waals surface area contributed by atoms with Crippen LogP contribution in [-0.4, -0.2) is 69.6 Å². The van der Waals surface area contributed by atoms with Crippen LogP contribution in [0.4, 0.5) is 0 Å². The second kappa shape index (κ2) is 8.46. The van der Waals surface area contributed by atoms with Gasteiger partial charge in [0.25, 0.3) is 0 Å². The third kappa shape index (κ3) is 4.71. The van der Waals surface area contributed by atoms with Crippen molar-refractivity contribution in [1.82, 2.24) is 0 Å². The van der Waals surface area contributed by atoms with Crippen molar-refractivity contribution in [3.05, 3.63) is 11.6 Å². The molecule has 0 spiro atoms. The summed E-state index contributed by atoms with van der Waals surface area (Å²) >= 11 is 0. The Bertz CT molecular complexity index is 528. The van der Waals surface area contributed by atoms with Gasteiger partial charge in [0.05, 0.1) is 12.7 Å². The van der Waals surface area contributed by atoms with E-state index in [1.54, 1.807) is 6.08 Å². The average molecular weight is 372 g/mol. The van der Waals surface area contributed by atoms with Crippen LogP contribution < -0.4 is 0 Å². The van der Waals surface area contributed by atoms with Crippen molar-refractivity contribution in [1.29, 1.82) is 0 Å². The van der Waals surface area contributed by atoms with Gasteiger partial charge in [0.15, 0.2) is 12.1 Å². The molecule has 0 amide bonds. The highest BCUT2D eigenvalue weighted by Crippen LogP contribution is 2.42. The minimum atomic E-state index is -1.44. The zero-order chi connectivity index (χ0) is 19.6. The van der Waals surface area contributed by atoms with Gasteiger partial charge in [0.1, 0.15) is 24.4 Å². The van der Waals surface area contributed by atoms with E-state index < -0.39 is 37.3 Å². The maximum Gasteiger partial charge on any atom is 0.186 e. The number of rotatable bonds is 6. The van der Waals surface area contributed by atoms with E-state index in [1.165, 1.54) is 0 Å². The van der Waals surface area contributed by atoms with Gasteiger partial charge in [-0.05, 0) is 44.1 Å². The fraction of sp³-hybridized carbons (Fsp3) is 0.842. The van der Waals surface area contributed by atoms with Crippen molar-refractivity contribution in [2.75, 3.05) is 6.61 Å². The highest BCUT2D eigenvalue weighted by atomic mass is 16.7. The molecule has 7 atom stereocenters. The molecule has 0 aromatic heterocycles. The van der Waals surface area contributed by atoms with Crippen LogP contribution in [0.3, 0.4) is 0 Å². The minimum Gasteiger partial charge on any atom is -0.394 e. The fourth-order valence-electron chi connectivity index (χ4n) is 4.09. The Morgan fingerprint density at radius 1 is 1.27 bits per heavy atom. The van der Waals surface area contributed by atoms with Gasteiger partial charge in [0, 0.05) is 6.42 Å². The molecule has 1 fully saturated rings. The summed E-state index contributed by atoms with van der Waals surface area (Å²) in [4.78, 5) is 11.8. The highest BCUT2D eigenvalue weighted by Gasteiger charge is 2.44. The summed E-state index contributed by atoms with van der Waals surface area (Å²) < 4.78 is 11.1. The van der Waals surface area contributed by atoms with Gasteiger partial charge in [-0.2, -0.15) is 0 Å². The van der Waals surface area contributed by atoms with Gasteiger partial charge >= 0.3 is 0 Å². The lowest BCUT2D eigenvalue weighted by atomic mass is 9.66. The summed E-state index contributed by atoms with van der Waals surface area (Å²) in [5, 5.41) is 38.9. The summed E-state index contributed by atoms with van der Waals surface area (Å²) in [6.45, 7) is 7.53. The minimum absolute atomic E-state index is 0.112. The second-order valence-corrected chi connectivity index (χ2v) is 8.29. The molecule has 0 saturated carbocycles. The number of carbonyl (C=O) groups is 1. The van der Waals surface area contributed by atoms with Crippen molar-refractivity contribution in [3.63, 3.8) is 0 Å². The Morgan fingerprint density at radius 3 is 2.50 bits per heavy atom. The normalized spacial score (nSPS) is 38.8. The van der Waals surface area contributed by atoms with E-state index in [0.717, 1.165) is 12.0 Å². The SMILES string of the molecule is CC1=CC(=O)CC(C)(C)[C@@H]1CCC(C)O[C@@H]1O[C@H](CO)[C@@H](O)[C@H](O)[C@H]1O. The van der Waals surface area contributed by atoms with Crippen molar-refractivity contribution >= 4 is 5.78 Å². The summed E-state index contributed by atoms with van der Waals surface area (Å²) in [6, 6.07) is 0. The predicted octanol–water partition coefficient (Wildman–Crippen LogP) is 0.533. The van der Waals surface area contributed by atoms with Crippen LogP contribution in [0.15, 0.2) is 11.6 Å². The molecule has 1 heterocycles. The van der Waals surface area contributed by atoms with E-state index in [9.17, 15) is 25.2 Å². The third-order valence-electron chi connectivity index (χ3n) is 5.59. The lowest BCUT2D eigenvalue weighted by Gasteiger charge is -2.41. The monoisotopic (exact) mass is 372 g/mol. The molecule has 0 bridgehead atoms. The Morgan fingerprint density at radius 2 is 1.92 bits per heavy atom. The second-order valence-electron chi connectivity index (χ2n) is 8.29. The van der Waals surface area contributed by atoms with Crippen molar-refractivity contribution in [2.45, 2.75) is 83.8 Å². The zero-order valence-electron chi connectivity index (χ0n) is 16.0. The predicted molar refractivity (Wildman–Crippen MR) is 94.2 cm³/mol. The van der Waals surface area contributed by atoms with Gasteiger partial charge in [-0.15, -0.1) is 0 Å². The molecule has 1 aliphatic heterocycles. The molecular weight excluding hydrogens is 340 g/mol. The molecule has 4 N–H and O–H groups in total. The number of ketones is 1. The average Bonchev–Trinajstić information content (AvgIpc) is 2.53. The van der Waals surface area contributed by atoms with Crippen LogP contribution in [0, 0.1) is 11.3 Å². The third-order valence-corrected chi connectivity index (χ3v) is 5.59. The maximum atomic E-state index is 11.8. The molecule has 0 aromatic carbocycles. The van der Waals surface area contributed by atoms with E-state index in [-0.39, 0.29) is 23.2 Å². The van der Waals surface area contributed by atoms with Gasteiger partial charge in [0.2, 0.25) is 0 Å². The van der Waals surface area contributed by atoms with Crippen LogP contribution in [-0.2, 0) is 14.3 Å². The number of ether oxygens (including phenoxy) is 2. The van der Waals surface area contributed by atoms with Gasteiger partial charge in [-0.3, -0.25) is 4.79 Å². The van der Waals surface area contributed by atoms with Crippen LogP contribution in [0.25, 0.3) is 0 Å². The fourth-order valence-corrected chi connectivity index (χ4v) is 4.09. The van der Waals surface area contributed by atoms with Crippen LogP contribution >= 0.6 is 0 Å². The Balaban J connectivity index is 1.93. The van der Waals surface area contributed by atoms with Crippen molar-refractivity contribution < 1.29 is 34.7 Å². The Kier molecular flexibility index (Phi) is 6.98. The van der Waals surface area contributed by atoms with Crippen LogP contribution in [0.2, 0.25) is 0 Å². The summed E-state index contributed by atoms with van der Waals surface area (Å²) in [5.74, 6) is 0.426.